The predicted octanol–water partition coefficient (Wildman–Crippen LogP) is 4.56. The predicted molar refractivity (Wildman–Crippen MR) is 80.1 cm³/mol. The van der Waals surface area contributed by atoms with Crippen molar-refractivity contribution >= 4 is 47.3 Å². The Balaban J connectivity index is 0.000000255. The van der Waals surface area contributed by atoms with E-state index in [1.54, 1.807) is 4.09 Å². The van der Waals surface area contributed by atoms with Gasteiger partial charge in [0.25, 0.3) is 0 Å². The van der Waals surface area contributed by atoms with Gasteiger partial charge in [-0.1, -0.05) is 13.8 Å². The van der Waals surface area contributed by atoms with Crippen molar-refractivity contribution in [2.24, 2.45) is 0 Å². The minimum absolute atomic E-state index is 0.576. The molecule has 0 fully saturated rings. The average molecular weight is 617 g/mol. The summed E-state index contributed by atoms with van der Waals surface area (Å²) in [5.74, 6) is 0. The van der Waals surface area contributed by atoms with Crippen molar-refractivity contribution in [2.75, 3.05) is 12.3 Å². The van der Waals surface area contributed by atoms with Gasteiger partial charge in [-0.2, -0.15) is 0 Å². The van der Waals surface area contributed by atoms with E-state index in [2.05, 4.69) is 57.4 Å². The summed E-state index contributed by atoms with van der Waals surface area (Å²) in [5.41, 5.74) is 0. The third kappa shape index (κ3) is 8.17. The SMILES string of the molecule is CCP(O)CC.[I][Ir]([I])[C]1=CC=CC1. The van der Waals surface area contributed by atoms with Gasteiger partial charge in [-0.05, 0) is 12.3 Å². The van der Waals surface area contributed by atoms with E-state index in [1.807, 2.05) is 13.8 Å². The molecule has 1 aliphatic carbocycles. The number of halogens is 2. The van der Waals surface area contributed by atoms with Crippen molar-refractivity contribution in [3.8, 4) is 0 Å². The molecule has 0 bridgehead atoms. The van der Waals surface area contributed by atoms with E-state index in [0.717, 1.165) is 12.3 Å². The standard InChI is InChI=1S/C5H5.C4H11OP.2HI.Ir/c1-2-4-5-3-1;1-3-6(5)4-2;;;/h1-3H,4H2;5H,3-4H2,1-2H3;2*1H;/q;;;;+2/p-2. The zero-order chi connectivity index (χ0) is 11.0. The van der Waals surface area contributed by atoms with E-state index in [0.29, 0.717) is 0 Å². The van der Waals surface area contributed by atoms with Gasteiger partial charge in [-0.15, -0.1) is 0 Å². The normalized spacial score (nSPS) is 15.0. The molecule has 14 heavy (non-hydrogen) atoms. The van der Waals surface area contributed by atoms with Gasteiger partial charge in [0.2, 0.25) is 0 Å². The fourth-order valence-electron chi connectivity index (χ4n) is 0.729. The van der Waals surface area contributed by atoms with Gasteiger partial charge < -0.3 is 4.89 Å². The van der Waals surface area contributed by atoms with Crippen LogP contribution in [0.5, 0.6) is 0 Å². The molecule has 0 spiro atoms. The summed E-state index contributed by atoms with van der Waals surface area (Å²) < 4.78 is 1.70. The molecule has 1 N–H and O–H groups in total. The molecule has 1 nitrogen and oxygen atoms in total. The zero-order valence-electron chi connectivity index (χ0n) is 8.34. The molecule has 0 aliphatic heterocycles. The van der Waals surface area contributed by atoms with E-state index in [9.17, 15) is 0 Å². The van der Waals surface area contributed by atoms with Crippen LogP contribution in [0.25, 0.3) is 0 Å². The summed E-state index contributed by atoms with van der Waals surface area (Å²) in [5, 5.41) is 0. The van der Waals surface area contributed by atoms with Crippen LogP contribution in [0.15, 0.2) is 22.3 Å². The monoisotopic (exact) mass is 618 g/mol. The summed E-state index contributed by atoms with van der Waals surface area (Å²) in [6, 6.07) is 0. The van der Waals surface area contributed by atoms with Crippen LogP contribution < -0.4 is 0 Å². The molecular formula is C9H16I2IrOP. The van der Waals surface area contributed by atoms with Gasteiger partial charge in [0.15, 0.2) is 0 Å². The topological polar surface area (TPSA) is 20.2 Å². The molecule has 0 heterocycles. The zero-order valence-corrected chi connectivity index (χ0v) is 15.9. The third-order valence-electron chi connectivity index (χ3n) is 1.60. The first-order valence-electron chi connectivity index (χ1n) is 4.38. The van der Waals surface area contributed by atoms with Crippen LogP contribution >= 0.6 is 47.3 Å². The van der Waals surface area contributed by atoms with Crippen molar-refractivity contribution in [3.05, 3.63) is 22.3 Å². The van der Waals surface area contributed by atoms with E-state index in [-0.39, 0.29) is 0 Å². The second-order valence-corrected chi connectivity index (χ2v) is 30.6. The second kappa shape index (κ2) is 10.2. The molecule has 0 aromatic rings. The van der Waals surface area contributed by atoms with Gasteiger partial charge in [0.1, 0.15) is 0 Å². The van der Waals surface area contributed by atoms with Crippen LogP contribution in [-0.2, 0) is 9.33 Å². The first-order chi connectivity index (χ1) is 6.61. The fourth-order valence-corrected chi connectivity index (χ4v) is 6.73. The Kier molecular flexibility index (Phi) is 11.6. The summed E-state index contributed by atoms with van der Waals surface area (Å²) in [6.45, 7) is 4.02. The van der Waals surface area contributed by atoms with Crippen LogP contribution in [0.1, 0.15) is 20.3 Å². The number of allylic oxidation sites excluding steroid dienone is 4. The number of hydrogen-bond acceptors (Lipinski definition) is 1. The molecule has 0 atom stereocenters. The van der Waals surface area contributed by atoms with Gasteiger partial charge in [-0.3, -0.25) is 0 Å². The molecule has 0 amide bonds. The quantitative estimate of drug-likeness (QED) is 0.364. The molecule has 1 rings (SSSR count). The Bertz CT molecular complexity index is 203. The fraction of sp³-hybridized carbons (Fsp3) is 0.556. The third-order valence-corrected chi connectivity index (χ3v) is 12.7. The molecule has 0 aromatic heterocycles. The Labute approximate surface area is 115 Å². The molecule has 0 radical (unpaired) electrons. The Hall–Kier alpha value is 1.98. The van der Waals surface area contributed by atoms with Crippen molar-refractivity contribution < 1.29 is 14.2 Å². The van der Waals surface area contributed by atoms with Crippen LogP contribution in [0, 0.1) is 0 Å². The van der Waals surface area contributed by atoms with Crippen LogP contribution in [0.3, 0.4) is 0 Å². The van der Waals surface area contributed by atoms with E-state index in [1.165, 1.54) is 6.42 Å². The van der Waals surface area contributed by atoms with Gasteiger partial charge in [0, 0.05) is 8.15 Å². The second-order valence-electron chi connectivity index (χ2n) is 2.53. The summed E-state index contributed by atoms with van der Waals surface area (Å²) in [4.78, 5) is 8.73. The van der Waals surface area contributed by atoms with Crippen LogP contribution in [-0.4, -0.2) is 17.2 Å². The summed E-state index contributed by atoms with van der Waals surface area (Å²) in [7, 11) is -1.29. The van der Waals surface area contributed by atoms with Crippen molar-refractivity contribution in [3.63, 3.8) is 0 Å². The maximum absolute atomic E-state index is 8.73. The van der Waals surface area contributed by atoms with Gasteiger partial charge in [0.05, 0.1) is 0 Å². The molecular weight excluding hydrogens is 601 g/mol. The van der Waals surface area contributed by atoms with E-state index < -0.39 is 17.5 Å². The first kappa shape index (κ1) is 16.0. The molecule has 0 aromatic carbocycles. The molecule has 0 saturated carbocycles. The molecule has 5 heteroatoms. The summed E-state index contributed by atoms with van der Waals surface area (Å²) in [6.07, 6.45) is 9.81. The van der Waals surface area contributed by atoms with Crippen molar-refractivity contribution in [1.29, 1.82) is 0 Å². The molecule has 1 aliphatic rings. The maximum atomic E-state index is 8.73. The van der Waals surface area contributed by atoms with E-state index >= 15 is 0 Å². The van der Waals surface area contributed by atoms with Crippen molar-refractivity contribution in [1.82, 2.24) is 0 Å². The molecule has 0 unspecified atom stereocenters. The molecule has 86 valence electrons. The Morgan fingerprint density at radius 3 is 2.14 bits per heavy atom. The average Bonchev–Trinajstić information content (AvgIpc) is 2.70. The Morgan fingerprint density at radius 2 is 2.00 bits per heavy atom. The summed E-state index contributed by atoms with van der Waals surface area (Å²) >= 11 is 5.18. The van der Waals surface area contributed by atoms with Crippen molar-refractivity contribution in [2.45, 2.75) is 20.3 Å². The number of hydrogen-bond donors (Lipinski definition) is 1. The van der Waals surface area contributed by atoms with Crippen LogP contribution in [0.2, 0.25) is 0 Å². The number of rotatable bonds is 3. The van der Waals surface area contributed by atoms with Gasteiger partial charge >= 0.3 is 77.2 Å². The first-order valence-corrected chi connectivity index (χ1v) is 20.8. The molecule has 0 saturated heterocycles. The van der Waals surface area contributed by atoms with Crippen LogP contribution in [0.4, 0.5) is 0 Å². The Morgan fingerprint density at radius 1 is 1.43 bits per heavy atom. The minimum atomic E-state index is -0.717. The van der Waals surface area contributed by atoms with Gasteiger partial charge in [-0.25, -0.2) is 0 Å². The van der Waals surface area contributed by atoms with E-state index in [4.69, 9.17) is 4.89 Å².